The van der Waals surface area contributed by atoms with Crippen molar-refractivity contribution in [2.45, 2.75) is 112 Å². The van der Waals surface area contributed by atoms with E-state index in [2.05, 4.69) is 12.2 Å². The summed E-state index contributed by atoms with van der Waals surface area (Å²) in [5, 5.41) is 2.89. The Hall–Kier alpha value is -2.41. The Balaban J connectivity index is 1.42. The van der Waals surface area contributed by atoms with E-state index in [4.69, 9.17) is 10.5 Å². The molecule has 45 heavy (non-hydrogen) atoms. The number of cyclic esters (lactones) is 1. The first kappa shape index (κ1) is 37.1. The standard InChI is InChI=1S/C21H27FN5O5.C12H25.Sn/c1-12(24-14(3)29)20(30)26-8-6-25(7-9-26)17-5-4-15(10-16(17)22)27-11-18(32-21(27)31)19(23)13(2)28;1-3-5-7-9-11-12-10-8-6-4-2;/h4-5,10,12,18-19H,1,6-9,11,23H2,2-3H3,(H,24,29);1,3-12H2,2H3;. The number of halogens is 1. The molecule has 250 valence electrons. The van der Waals surface area contributed by atoms with Crippen molar-refractivity contribution in [3.05, 3.63) is 24.0 Å². The number of piperazine rings is 1. The van der Waals surface area contributed by atoms with E-state index in [9.17, 15) is 19.2 Å². The van der Waals surface area contributed by atoms with Gasteiger partial charge in [0.2, 0.25) is 0 Å². The predicted octanol–water partition coefficient (Wildman–Crippen LogP) is 4.68. The van der Waals surface area contributed by atoms with Crippen LogP contribution in [0.2, 0.25) is 8.87 Å². The first-order chi connectivity index (χ1) is 21.6. The maximum atomic E-state index is 15.3. The van der Waals surface area contributed by atoms with Crippen molar-refractivity contribution in [3.8, 4) is 0 Å². The number of carbonyl (C=O) groups is 4. The molecule has 10 nitrogen and oxygen atoms in total. The van der Waals surface area contributed by atoms with Gasteiger partial charge in [-0.1, -0.05) is 0 Å². The van der Waals surface area contributed by atoms with Gasteiger partial charge in [-0.25, -0.2) is 4.79 Å². The number of benzene rings is 1. The van der Waals surface area contributed by atoms with Gasteiger partial charge in [0, 0.05) is 0 Å². The van der Waals surface area contributed by atoms with Gasteiger partial charge in [-0.15, -0.1) is 0 Å². The molecule has 1 aromatic carbocycles. The van der Waals surface area contributed by atoms with Crippen LogP contribution >= 0.6 is 0 Å². The van der Waals surface area contributed by atoms with Gasteiger partial charge >= 0.3 is 228 Å². The average Bonchev–Trinajstić information content (AvgIpc) is 3.41. The Kier molecular flexibility index (Phi) is 15.9. The van der Waals surface area contributed by atoms with Crippen LogP contribution in [0.5, 0.6) is 0 Å². The molecule has 12 heteroatoms. The van der Waals surface area contributed by atoms with Gasteiger partial charge < -0.3 is 10.5 Å². The summed E-state index contributed by atoms with van der Waals surface area (Å²) in [5.41, 5.74) is 6.55. The summed E-state index contributed by atoms with van der Waals surface area (Å²) < 4.78 is 22.5. The fraction of sp³-hybridized carbons (Fsp3) is 0.697. The third-order valence-electron chi connectivity index (χ3n) is 8.61. The zero-order valence-electron chi connectivity index (χ0n) is 27.3. The molecule has 3 unspecified atom stereocenters. The van der Waals surface area contributed by atoms with E-state index in [1.165, 1.54) is 93.5 Å². The van der Waals surface area contributed by atoms with Gasteiger partial charge in [-0.2, -0.15) is 0 Å². The number of ketones is 1. The van der Waals surface area contributed by atoms with E-state index in [0.29, 0.717) is 37.6 Å². The van der Waals surface area contributed by atoms with E-state index < -0.39 is 51.2 Å². The number of rotatable bonds is 19. The van der Waals surface area contributed by atoms with Crippen LogP contribution in [0.25, 0.3) is 0 Å². The normalized spacial score (nSPS) is 18.1. The number of nitrogens with one attached hydrogen (secondary N) is 1. The van der Waals surface area contributed by atoms with Crippen molar-refractivity contribution in [1.29, 1.82) is 0 Å². The quantitative estimate of drug-likeness (QED) is 0.156. The SMILES string of the molecule is CCCCCCCCCCC[CH2][Sn][CH2]C(NC(C)=O)C(=O)N1CCN(c2ccc(N3CC(C(N)C(C)=O)OC3=O)cc2F)CC1. The molecule has 2 heterocycles. The van der Waals surface area contributed by atoms with E-state index >= 15 is 4.39 Å². The van der Waals surface area contributed by atoms with Crippen LogP contribution in [0.3, 0.4) is 0 Å². The van der Waals surface area contributed by atoms with Gasteiger partial charge in [0.25, 0.3) is 0 Å². The van der Waals surface area contributed by atoms with Crippen LogP contribution in [0.15, 0.2) is 18.2 Å². The van der Waals surface area contributed by atoms with Crippen molar-refractivity contribution < 1.29 is 28.3 Å². The molecule has 2 saturated heterocycles. The summed E-state index contributed by atoms with van der Waals surface area (Å²) in [6.07, 6.45) is 11.7. The van der Waals surface area contributed by atoms with Gasteiger partial charge in [0.05, 0.1) is 6.54 Å². The summed E-state index contributed by atoms with van der Waals surface area (Å²) in [7, 11) is 0. The van der Waals surface area contributed by atoms with Gasteiger partial charge in [0.1, 0.15) is 17.9 Å². The molecule has 2 aliphatic rings. The summed E-state index contributed by atoms with van der Waals surface area (Å²) >= 11 is -0.783. The number of nitrogens with two attached hydrogens (primary N) is 1. The molecule has 3 atom stereocenters. The predicted molar refractivity (Wildman–Crippen MR) is 176 cm³/mol. The number of ether oxygens (including phenoxy) is 1. The van der Waals surface area contributed by atoms with Crippen molar-refractivity contribution in [1.82, 2.24) is 10.2 Å². The van der Waals surface area contributed by atoms with Crippen LogP contribution in [-0.2, 0) is 19.1 Å². The fourth-order valence-corrected chi connectivity index (χ4v) is 9.51. The minimum atomic E-state index is -0.931. The molecule has 2 aliphatic heterocycles. The number of anilines is 2. The van der Waals surface area contributed by atoms with E-state index in [1.807, 2.05) is 4.90 Å². The molecule has 1 aromatic rings. The molecular formula is C33H52FN5O5Sn. The first-order valence-electron chi connectivity index (χ1n) is 16.7. The number of unbranched alkanes of at least 4 members (excludes halogenated alkanes) is 9. The second kappa shape index (κ2) is 19.3. The Morgan fingerprint density at radius 2 is 1.62 bits per heavy atom. The number of hydrogen-bond donors (Lipinski definition) is 2. The van der Waals surface area contributed by atoms with Crippen LogP contribution < -0.4 is 20.9 Å². The topological polar surface area (TPSA) is 125 Å². The molecule has 2 fully saturated rings. The summed E-state index contributed by atoms with van der Waals surface area (Å²) in [6, 6.07) is 3.14. The van der Waals surface area contributed by atoms with Crippen molar-refractivity contribution in [2.24, 2.45) is 5.73 Å². The van der Waals surface area contributed by atoms with Crippen LogP contribution in [0, 0.1) is 5.82 Å². The molecule has 3 N–H and O–H groups in total. The Bertz CT molecular complexity index is 1130. The molecule has 0 saturated carbocycles. The summed E-state index contributed by atoms with van der Waals surface area (Å²) in [5.74, 6) is -1.02. The average molecular weight is 737 g/mol. The van der Waals surface area contributed by atoms with E-state index in [-0.39, 0.29) is 24.1 Å². The second-order valence-corrected chi connectivity index (χ2v) is 16.3. The summed E-state index contributed by atoms with van der Waals surface area (Å²) in [6.45, 7) is 6.88. The molecule has 2 radical (unpaired) electrons. The van der Waals surface area contributed by atoms with Crippen LogP contribution in [0.4, 0.5) is 20.6 Å². The number of hydrogen-bond acceptors (Lipinski definition) is 7. The molecule has 0 aromatic heterocycles. The minimum absolute atomic E-state index is 0.0458. The summed E-state index contributed by atoms with van der Waals surface area (Å²) in [4.78, 5) is 54.2. The molecule has 3 amide bonds. The molecule has 0 spiro atoms. The zero-order valence-corrected chi connectivity index (χ0v) is 30.2. The third-order valence-corrected chi connectivity index (χ3v) is 12.6. The van der Waals surface area contributed by atoms with Crippen LogP contribution in [-0.4, -0.2) is 101 Å². The second-order valence-electron chi connectivity index (χ2n) is 12.3. The fourth-order valence-electron chi connectivity index (χ4n) is 5.88. The van der Waals surface area contributed by atoms with Gasteiger partial charge in [-0.3, -0.25) is 4.79 Å². The number of Topliss-reactive ketones (excluding diaryl/α,β-unsaturated/α-hetero) is 1. The molecule has 0 aliphatic carbocycles. The first-order valence-corrected chi connectivity index (χ1v) is 20.7. The number of carbonyl (C=O) groups excluding carboxylic acids is 4. The molecule has 3 rings (SSSR count). The Morgan fingerprint density at radius 3 is 2.20 bits per heavy atom. The van der Waals surface area contributed by atoms with E-state index in [0.717, 1.165) is 4.44 Å². The van der Waals surface area contributed by atoms with Gasteiger partial charge in [0.15, 0.2) is 0 Å². The third kappa shape index (κ3) is 11.7. The Morgan fingerprint density at radius 1 is 1.00 bits per heavy atom. The van der Waals surface area contributed by atoms with Crippen LogP contribution in [0.1, 0.15) is 85.0 Å². The number of nitrogens with zero attached hydrogens (tertiary/aromatic N) is 3. The van der Waals surface area contributed by atoms with E-state index in [1.54, 1.807) is 17.0 Å². The number of amides is 3. The van der Waals surface area contributed by atoms with Crippen molar-refractivity contribution in [2.75, 3.05) is 42.5 Å². The molecular weight excluding hydrogens is 684 g/mol. The maximum absolute atomic E-state index is 15.3. The van der Waals surface area contributed by atoms with Crippen molar-refractivity contribution >= 4 is 56.2 Å². The zero-order chi connectivity index (χ0) is 32.8. The Labute approximate surface area is 278 Å². The van der Waals surface area contributed by atoms with Gasteiger partial charge in [-0.05, 0) is 6.92 Å². The monoisotopic (exact) mass is 737 g/mol. The molecule has 0 bridgehead atoms. The van der Waals surface area contributed by atoms with Crippen molar-refractivity contribution in [3.63, 3.8) is 0 Å².